The average molecular weight is 242 g/mol. The molecule has 0 radical (unpaired) electrons. The highest BCUT2D eigenvalue weighted by molar-refractivity contribution is 6.16. The zero-order chi connectivity index (χ0) is 12.9. The molecule has 0 amide bonds. The summed E-state index contributed by atoms with van der Waals surface area (Å²) >= 11 is 0. The van der Waals surface area contributed by atoms with E-state index < -0.39 is 0 Å². The molecule has 4 unspecified atom stereocenters. The first-order chi connectivity index (χ1) is 8.59. The summed E-state index contributed by atoms with van der Waals surface area (Å²) in [7, 11) is 0. The maximum Gasteiger partial charge on any atom is 0.167 e. The molecule has 1 aromatic carbocycles. The van der Waals surface area contributed by atoms with Gasteiger partial charge in [-0.05, 0) is 24.7 Å². The maximum absolute atomic E-state index is 12.6. The fourth-order valence-electron chi connectivity index (χ4n) is 3.86. The molecule has 0 N–H and O–H groups in total. The molecule has 0 bridgehead atoms. The number of carbonyl (C=O) groups excluding carboxylic acids is 2. The van der Waals surface area contributed by atoms with Crippen molar-refractivity contribution >= 4 is 11.6 Å². The minimum atomic E-state index is -0.0800. The van der Waals surface area contributed by atoms with Crippen molar-refractivity contribution in [3.05, 3.63) is 35.4 Å². The van der Waals surface area contributed by atoms with Gasteiger partial charge in [0.15, 0.2) is 11.6 Å². The monoisotopic (exact) mass is 242 g/mol. The van der Waals surface area contributed by atoms with Crippen LogP contribution in [0.25, 0.3) is 0 Å². The van der Waals surface area contributed by atoms with E-state index in [4.69, 9.17) is 0 Å². The van der Waals surface area contributed by atoms with Crippen LogP contribution in [0.1, 0.15) is 47.4 Å². The number of hydrogen-bond acceptors (Lipinski definition) is 2. The minimum absolute atomic E-state index is 0.0776. The smallest absolute Gasteiger partial charge is 0.167 e. The molecule has 4 atom stereocenters. The first-order valence-electron chi connectivity index (χ1n) is 6.77. The van der Waals surface area contributed by atoms with Gasteiger partial charge in [0, 0.05) is 23.0 Å². The minimum Gasteiger partial charge on any atom is -0.294 e. The molecule has 2 aliphatic carbocycles. The van der Waals surface area contributed by atoms with E-state index >= 15 is 0 Å². The van der Waals surface area contributed by atoms with Crippen LogP contribution in [0.5, 0.6) is 0 Å². The zero-order valence-electron chi connectivity index (χ0n) is 10.8. The molecule has 0 heterocycles. The molecule has 0 spiro atoms. The molecule has 1 aromatic rings. The molecule has 2 aliphatic rings. The molecule has 94 valence electrons. The Hall–Kier alpha value is -1.44. The summed E-state index contributed by atoms with van der Waals surface area (Å²) in [5, 5.41) is 0. The van der Waals surface area contributed by atoms with Crippen molar-refractivity contribution in [3.8, 4) is 0 Å². The second-order valence-corrected chi connectivity index (χ2v) is 5.96. The third-order valence-electron chi connectivity index (χ3n) is 4.57. The predicted molar refractivity (Wildman–Crippen MR) is 69.6 cm³/mol. The molecule has 18 heavy (non-hydrogen) atoms. The fraction of sp³-hybridized carbons (Fsp3) is 0.500. The molecule has 2 nitrogen and oxygen atoms in total. The molecule has 0 aliphatic heterocycles. The van der Waals surface area contributed by atoms with Crippen LogP contribution < -0.4 is 0 Å². The van der Waals surface area contributed by atoms with Gasteiger partial charge in [-0.3, -0.25) is 9.59 Å². The van der Waals surface area contributed by atoms with Crippen LogP contribution >= 0.6 is 0 Å². The van der Waals surface area contributed by atoms with Crippen molar-refractivity contribution in [2.75, 3.05) is 0 Å². The molecule has 1 fully saturated rings. The quantitative estimate of drug-likeness (QED) is 0.699. The summed E-state index contributed by atoms with van der Waals surface area (Å²) in [5.74, 6) is 1.09. The Balaban J connectivity index is 2.11. The summed E-state index contributed by atoms with van der Waals surface area (Å²) in [6.45, 7) is 4.30. The lowest BCUT2D eigenvalue weighted by atomic mass is 9.61. The predicted octanol–water partition coefficient (Wildman–Crippen LogP) is 3.36. The fourth-order valence-corrected chi connectivity index (χ4v) is 3.86. The van der Waals surface area contributed by atoms with Crippen LogP contribution in [0.15, 0.2) is 24.3 Å². The van der Waals surface area contributed by atoms with Gasteiger partial charge < -0.3 is 0 Å². The van der Waals surface area contributed by atoms with Gasteiger partial charge in [0.2, 0.25) is 0 Å². The lowest BCUT2D eigenvalue weighted by Crippen LogP contribution is -2.44. The number of rotatable bonds is 0. The number of fused-ring (bicyclic) bond motifs is 2. The number of Topliss-reactive ketones (excluding diaryl/α,β-unsaturated/α-hetero) is 2. The highest BCUT2D eigenvalue weighted by atomic mass is 16.1. The Labute approximate surface area is 107 Å². The number of carbonyl (C=O) groups is 2. The molecular formula is C16H18O2. The molecular weight excluding hydrogens is 224 g/mol. The second kappa shape index (κ2) is 4.04. The van der Waals surface area contributed by atoms with Gasteiger partial charge in [-0.25, -0.2) is 0 Å². The average Bonchev–Trinajstić information content (AvgIpc) is 2.35. The van der Waals surface area contributed by atoms with E-state index in [0.29, 0.717) is 23.0 Å². The topological polar surface area (TPSA) is 34.1 Å². The Kier molecular flexibility index (Phi) is 2.61. The highest BCUT2D eigenvalue weighted by Crippen LogP contribution is 2.44. The summed E-state index contributed by atoms with van der Waals surface area (Å²) in [6, 6.07) is 7.30. The van der Waals surface area contributed by atoms with Gasteiger partial charge in [0.25, 0.3) is 0 Å². The number of benzene rings is 1. The van der Waals surface area contributed by atoms with Gasteiger partial charge in [0.05, 0.1) is 0 Å². The lowest BCUT2D eigenvalue weighted by molar-refractivity contribution is 0.0535. The first-order valence-corrected chi connectivity index (χ1v) is 6.77. The molecule has 3 rings (SSSR count). The van der Waals surface area contributed by atoms with Crippen LogP contribution in [-0.2, 0) is 0 Å². The van der Waals surface area contributed by atoms with Crippen molar-refractivity contribution in [1.29, 1.82) is 0 Å². The van der Waals surface area contributed by atoms with Crippen LogP contribution in [-0.4, -0.2) is 11.6 Å². The zero-order valence-corrected chi connectivity index (χ0v) is 10.8. The van der Waals surface area contributed by atoms with Gasteiger partial charge in [-0.15, -0.1) is 0 Å². The van der Waals surface area contributed by atoms with Crippen LogP contribution in [0.2, 0.25) is 0 Å². The summed E-state index contributed by atoms with van der Waals surface area (Å²) < 4.78 is 0. The van der Waals surface area contributed by atoms with Crippen molar-refractivity contribution in [3.63, 3.8) is 0 Å². The maximum atomic E-state index is 12.6. The Morgan fingerprint density at radius 2 is 1.56 bits per heavy atom. The van der Waals surface area contributed by atoms with E-state index in [9.17, 15) is 9.59 Å². The molecule has 2 heteroatoms. The van der Waals surface area contributed by atoms with Crippen LogP contribution in [0, 0.1) is 23.7 Å². The van der Waals surface area contributed by atoms with Gasteiger partial charge in [-0.1, -0.05) is 38.1 Å². The van der Waals surface area contributed by atoms with E-state index in [2.05, 4.69) is 13.8 Å². The summed E-state index contributed by atoms with van der Waals surface area (Å²) in [6.07, 6.45) is 1.93. The van der Waals surface area contributed by atoms with Gasteiger partial charge in [-0.2, -0.15) is 0 Å². The van der Waals surface area contributed by atoms with Crippen molar-refractivity contribution in [2.24, 2.45) is 23.7 Å². The number of hydrogen-bond donors (Lipinski definition) is 0. The van der Waals surface area contributed by atoms with E-state index in [1.165, 1.54) is 0 Å². The standard InChI is InChI=1S/C16H18O2/c1-9-7-10(2)14-13(8-9)15(17)11-5-3-4-6-12(11)16(14)18/h3-6,9-10,13-14H,7-8H2,1-2H3. The van der Waals surface area contributed by atoms with E-state index in [-0.39, 0.29) is 23.4 Å². The van der Waals surface area contributed by atoms with Crippen molar-refractivity contribution < 1.29 is 9.59 Å². The normalized spacial score (nSPS) is 35.0. The Morgan fingerprint density at radius 3 is 2.22 bits per heavy atom. The van der Waals surface area contributed by atoms with Crippen LogP contribution in [0.4, 0.5) is 0 Å². The van der Waals surface area contributed by atoms with Crippen LogP contribution in [0.3, 0.4) is 0 Å². The first kappa shape index (κ1) is 11.6. The Bertz CT molecular complexity index is 518. The van der Waals surface area contributed by atoms with E-state index in [0.717, 1.165) is 12.8 Å². The van der Waals surface area contributed by atoms with Gasteiger partial charge >= 0.3 is 0 Å². The van der Waals surface area contributed by atoms with Gasteiger partial charge in [0.1, 0.15) is 0 Å². The summed E-state index contributed by atoms with van der Waals surface area (Å²) in [5.41, 5.74) is 1.29. The second-order valence-electron chi connectivity index (χ2n) is 5.96. The van der Waals surface area contributed by atoms with E-state index in [1.54, 1.807) is 12.1 Å². The van der Waals surface area contributed by atoms with E-state index in [1.807, 2.05) is 12.1 Å². The van der Waals surface area contributed by atoms with Crippen molar-refractivity contribution in [1.82, 2.24) is 0 Å². The van der Waals surface area contributed by atoms with Crippen molar-refractivity contribution in [2.45, 2.75) is 26.7 Å². The largest absolute Gasteiger partial charge is 0.294 e. The molecule has 0 saturated heterocycles. The third kappa shape index (κ3) is 1.55. The Morgan fingerprint density at radius 1 is 0.944 bits per heavy atom. The third-order valence-corrected chi connectivity index (χ3v) is 4.57. The molecule has 0 aromatic heterocycles. The lowest BCUT2D eigenvalue weighted by Gasteiger charge is -2.40. The highest BCUT2D eigenvalue weighted by Gasteiger charge is 2.46. The SMILES string of the molecule is CC1CC(C)C2C(=O)c3ccccc3C(=O)C2C1. The number of ketones is 2. The summed E-state index contributed by atoms with van der Waals surface area (Å²) in [4.78, 5) is 25.1. The molecule has 1 saturated carbocycles.